The Morgan fingerprint density at radius 3 is 2.77 bits per heavy atom. The minimum absolute atomic E-state index is 0.490. The van der Waals surface area contributed by atoms with E-state index in [1.807, 2.05) is 30.3 Å². The van der Waals surface area contributed by atoms with Gasteiger partial charge in [0.15, 0.2) is 4.64 Å². The average Bonchev–Trinajstić information content (AvgIpc) is 2.88. The van der Waals surface area contributed by atoms with E-state index in [2.05, 4.69) is 20.6 Å². The van der Waals surface area contributed by atoms with Gasteiger partial charge in [-0.15, -0.1) is 0 Å². The molecule has 0 atom stereocenters. The van der Waals surface area contributed by atoms with Crippen LogP contribution in [0.4, 0.5) is 0 Å². The first kappa shape index (κ1) is 14.4. The van der Waals surface area contributed by atoms with Crippen LogP contribution in [0.1, 0.15) is 12.0 Å². The normalized spacial score (nSPS) is 10.7. The maximum Gasteiger partial charge on any atom is 0.153 e. The van der Waals surface area contributed by atoms with Crippen molar-refractivity contribution in [1.82, 2.24) is 14.5 Å². The van der Waals surface area contributed by atoms with E-state index in [1.54, 1.807) is 0 Å². The second-order valence-electron chi connectivity index (χ2n) is 4.93. The molecule has 0 fully saturated rings. The fourth-order valence-electron chi connectivity index (χ4n) is 2.68. The highest BCUT2D eigenvalue weighted by Gasteiger charge is 2.19. The molecule has 0 aliphatic rings. The number of aryl methyl sites for hydroxylation is 1. The number of hydrogen-bond donors (Lipinski definition) is 2. The van der Waals surface area contributed by atoms with Crippen molar-refractivity contribution >= 4 is 23.3 Å². The molecule has 0 radical (unpaired) electrons. The van der Waals surface area contributed by atoms with Gasteiger partial charge in [-0.2, -0.15) is 5.26 Å². The Kier molecular flexibility index (Phi) is 4.00. The Bertz CT molecular complexity index is 902. The summed E-state index contributed by atoms with van der Waals surface area (Å²) < 4.78 is 2.55. The third kappa shape index (κ3) is 2.30. The monoisotopic (exact) mass is 309 g/mol. The number of aromatic nitrogens is 3. The van der Waals surface area contributed by atoms with Crippen molar-refractivity contribution in [3.63, 3.8) is 0 Å². The van der Waals surface area contributed by atoms with Gasteiger partial charge in [0.05, 0.1) is 17.5 Å². The molecular formula is C16H15N5S. The molecule has 0 aliphatic carbocycles. The number of nitrogens with two attached hydrogens (primary N) is 1. The SMILES string of the molecule is N#Cc1c(-c2ccccc2)n(CCCN)c2c(=S)nc[nH]c12. The summed E-state index contributed by atoms with van der Waals surface area (Å²) >= 11 is 5.37. The summed E-state index contributed by atoms with van der Waals surface area (Å²) in [6.07, 6.45) is 2.34. The van der Waals surface area contributed by atoms with E-state index in [1.165, 1.54) is 6.33 Å². The first-order valence-corrected chi connectivity index (χ1v) is 7.44. The molecule has 1 aromatic carbocycles. The van der Waals surface area contributed by atoms with Crippen molar-refractivity contribution in [2.75, 3.05) is 6.54 Å². The van der Waals surface area contributed by atoms with E-state index in [0.717, 1.165) is 28.7 Å². The Morgan fingerprint density at radius 2 is 2.09 bits per heavy atom. The topological polar surface area (TPSA) is 83.4 Å². The van der Waals surface area contributed by atoms with Crippen LogP contribution in [-0.2, 0) is 6.54 Å². The Balaban J connectivity index is 2.41. The number of benzene rings is 1. The summed E-state index contributed by atoms with van der Waals surface area (Å²) in [7, 11) is 0. The number of fused-ring (bicyclic) bond motifs is 1. The lowest BCUT2D eigenvalue weighted by atomic mass is 10.1. The molecule has 110 valence electrons. The molecule has 6 heteroatoms. The molecule has 22 heavy (non-hydrogen) atoms. The average molecular weight is 309 g/mol. The molecular weight excluding hydrogens is 294 g/mol. The van der Waals surface area contributed by atoms with Gasteiger partial charge in [-0.1, -0.05) is 42.5 Å². The molecule has 3 aromatic rings. The number of H-pyrrole nitrogens is 1. The first-order valence-electron chi connectivity index (χ1n) is 7.03. The molecule has 3 N–H and O–H groups in total. The van der Waals surface area contributed by atoms with E-state index >= 15 is 0 Å². The maximum absolute atomic E-state index is 9.64. The highest BCUT2D eigenvalue weighted by atomic mass is 32.1. The number of nitrogens with one attached hydrogen (secondary N) is 1. The van der Waals surface area contributed by atoms with Crippen LogP contribution < -0.4 is 5.73 Å². The van der Waals surface area contributed by atoms with Gasteiger partial charge in [0.25, 0.3) is 0 Å². The van der Waals surface area contributed by atoms with Gasteiger partial charge in [-0.25, -0.2) is 4.98 Å². The molecule has 0 amide bonds. The molecule has 0 bridgehead atoms. The maximum atomic E-state index is 9.64. The first-order chi connectivity index (χ1) is 10.8. The third-order valence-electron chi connectivity index (χ3n) is 3.60. The molecule has 2 aromatic heterocycles. The molecule has 0 saturated carbocycles. The van der Waals surface area contributed by atoms with Gasteiger partial charge in [0, 0.05) is 6.54 Å². The van der Waals surface area contributed by atoms with Crippen molar-refractivity contribution in [3.05, 3.63) is 46.9 Å². The highest BCUT2D eigenvalue weighted by Crippen LogP contribution is 2.32. The fraction of sp³-hybridized carbons (Fsp3) is 0.188. The Morgan fingerprint density at radius 1 is 1.32 bits per heavy atom. The standard InChI is InChI=1S/C16H15N5S/c17-7-4-8-21-14(11-5-2-1-3-6-11)12(9-18)13-15(21)16(22)20-10-19-13/h1-3,5-6,10H,4,7-8,17H2,(H,19,20,22). The van der Waals surface area contributed by atoms with Crippen LogP contribution in [0.5, 0.6) is 0 Å². The zero-order valence-electron chi connectivity index (χ0n) is 11.9. The summed E-state index contributed by atoms with van der Waals surface area (Å²) in [5, 5.41) is 9.64. The number of hydrogen-bond acceptors (Lipinski definition) is 4. The van der Waals surface area contributed by atoms with Gasteiger partial charge in [0.1, 0.15) is 17.1 Å². The molecule has 0 unspecified atom stereocenters. The smallest absolute Gasteiger partial charge is 0.153 e. The van der Waals surface area contributed by atoms with Crippen molar-refractivity contribution in [2.24, 2.45) is 5.73 Å². The molecule has 0 spiro atoms. The number of aromatic amines is 1. The number of nitrogens with zero attached hydrogens (tertiary/aromatic N) is 3. The molecule has 5 nitrogen and oxygen atoms in total. The minimum Gasteiger partial charge on any atom is -0.343 e. The Hall–Kier alpha value is -2.49. The molecule has 0 aliphatic heterocycles. The minimum atomic E-state index is 0.490. The van der Waals surface area contributed by atoms with Crippen molar-refractivity contribution in [2.45, 2.75) is 13.0 Å². The lowest BCUT2D eigenvalue weighted by Crippen LogP contribution is -2.07. The van der Waals surface area contributed by atoms with Gasteiger partial charge < -0.3 is 15.3 Å². The predicted molar refractivity (Wildman–Crippen MR) is 88.7 cm³/mol. The van der Waals surface area contributed by atoms with Crippen molar-refractivity contribution < 1.29 is 0 Å². The zero-order chi connectivity index (χ0) is 15.5. The van der Waals surface area contributed by atoms with E-state index in [0.29, 0.717) is 23.3 Å². The zero-order valence-corrected chi connectivity index (χ0v) is 12.7. The molecule has 0 saturated heterocycles. The largest absolute Gasteiger partial charge is 0.343 e. The van der Waals surface area contributed by atoms with Crippen LogP contribution in [0.15, 0.2) is 36.7 Å². The summed E-state index contributed by atoms with van der Waals surface area (Å²) in [5.41, 5.74) is 9.62. The predicted octanol–water partition coefficient (Wildman–Crippen LogP) is 2.98. The van der Waals surface area contributed by atoms with E-state index in [9.17, 15) is 5.26 Å². The van der Waals surface area contributed by atoms with Crippen LogP contribution >= 0.6 is 12.2 Å². The van der Waals surface area contributed by atoms with Crippen LogP contribution in [-0.4, -0.2) is 21.1 Å². The van der Waals surface area contributed by atoms with Crippen molar-refractivity contribution in [3.8, 4) is 17.3 Å². The summed E-state index contributed by atoms with van der Waals surface area (Å²) in [6, 6.07) is 12.2. The number of rotatable bonds is 4. The van der Waals surface area contributed by atoms with E-state index in [-0.39, 0.29) is 0 Å². The van der Waals surface area contributed by atoms with Crippen LogP contribution in [0, 0.1) is 16.0 Å². The van der Waals surface area contributed by atoms with Gasteiger partial charge in [-0.3, -0.25) is 0 Å². The lowest BCUT2D eigenvalue weighted by Gasteiger charge is -2.10. The van der Waals surface area contributed by atoms with E-state index < -0.39 is 0 Å². The highest BCUT2D eigenvalue weighted by molar-refractivity contribution is 7.71. The lowest BCUT2D eigenvalue weighted by molar-refractivity contribution is 0.674. The summed E-state index contributed by atoms with van der Waals surface area (Å²) in [6.45, 7) is 1.27. The second kappa shape index (κ2) is 6.10. The second-order valence-corrected chi connectivity index (χ2v) is 5.31. The van der Waals surface area contributed by atoms with Gasteiger partial charge in [-0.05, 0) is 18.5 Å². The van der Waals surface area contributed by atoms with Crippen LogP contribution in [0.25, 0.3) is 22.3 Å². The number of nitriles is 1. The quantitative estimate of drug-likeness (QED) is 0.726. The molecule has 2 heterocycles. The summed E-state index contributed by atoms with van der Waals surface area (Å²) in [4.78, 5) is 7.22. The summed E-state index contributed by atoms with van der Waals surface area (Å²) in [5.74, 6) is 0. The van der Waals surface area contributed by atoms with Gasteiger partial charge >= 0.3 is 0 Å². The fourth-order valence-corrected chi connectivity index (χ4v) is 2.94. The Labute approximate surface area is 133 Å². The van der Waals surface area contributed by atoms with Crippen LogP contribution in [0.3, 0.4) is 0 Å². The van der Waals surface area contributed by atoms with Crippen LogP contribution in [0.2, 0.25) is 0 Å². The van der Waals surface area contributed by atoms with Crippen molar-refractivity contribution in [1.29, 1.82) is 5.26 Å². The van der Waals surface area contributed by atoms with E-state index in [4.69, 9.17) is 18.0 Å². The van der Waals surface area contributed by atoms with Gasteiger partial charge in [0.2, 0.25) is 0 Å². The molecule has 3 rings (SSSR count). The third-order valence-corrected chi connectivity index (χ3v) is 3.90.